The average Bonchev–Trinajstić information content (AvgIpc) is 3.43. The average molecular weight is 424 g/mol. The third-order valence-corrected chi connectivity index (χ3v) is 5.60. The number of carbonyl (C=O) groups is 1. The molecule has 1 aromatic carbocycles. The number of pyridine rings is 2. The highest BCUT2D eigenvalue weighted by molar-refractivity contribution is 5.98. The SMILES string of the molecule is Cc1cc(-c2c(F)cc3c4n[nH]c(=O)c-4c(CC(=O)O)n(C4CC4)c3c2F)cc(C)n1. The number of hydrogen-bond acceptors (Lipinski definition) is 4. The Labute approximate surface area is 174 Å². The predicted molar refractivity (Wildman–Crippen MR) is 109 cm³/mol. The molecule has 0 amide bonds. The number of halogens is 2. The summed E-state index contributed by atoms with van der Waals surface area (Å²) in [5.41, 5.74) is 1.15. The number of aliphatic carboxylic acids is 1. The Morgan fingerprint density at radius 3 is 2.48 bits per heavy atom. The highest BCUT2D eigenvalue weighted by atomic mass is 19.1. The van der Waals surface area contributed by atoms with E-state index in [-0.39, 0.29) is 39.5 Å². The minimum absolute atomic E-state index is 0.0567. The number of H-pyrrole nitrogens is 1. The van der Waals surface area contributed by atoms with E-state index in [1.54, 1.807) is 30.5 Å². The number of rotatable bonds is 4. The van der Waals surface area contributed by atoms with Crippen LogP contribution in [0.3, 0.4) is 0 Å². The van der Waals surface area contributed by atoms with Gasteiger partial charge in [-0.05, 0) is 50.5 Å². The Morgan fingerprint density at radius 1 is 1.19 bits per heavy atom. The molecule has 2 aliphatic heterocycles. The van der Waals surface area contributed by atoms with E-state index < -0.39 is 29.6 Å². The molecule has 3 aliphatic rings. The standard InChI is InChI=1S/C22H18F2N4O3/c1-9-5-11(6-10(2)25-9)17-14(23)7-13-20-18(22(31)27-26-20)15(8-16(29)30)28(12-3-4-12)21(13)19(17)24/h5-7,12H,3-4,8H2,1-2H3,(H,27,31)(H,29,30). The normalized spacial score (nSPS) is 13.9. The molecule has 3 heterocycles. The maximum Gasteiger partial charge on any atom is 0.309 e. The molecular formula is C22H18F2N4O3. The quantitative estimate of drug-likeness (QED) is 0.520. The Kier molecular flexibility index (Phi) is 4.18. The summed E-state index contributed by atoms with van der Waals surface area (Å²) in [7, 11) is 0. The molecule has 0 saturated heterocycles. The van der Waals surface area contributed by atoms with E-state index in [1.807, 2.05) is 0 Å². The first-order valence-electron chi connectivity index (χ1n) is 9.87. The number of aromatic nitrogens is 4. The van der Waals surface area contributed by atoms with Crippen molar-refractivity contribution >= 4 is 16.9 Å². The second-order valence-corrected chi connectivity index (χ2v) is 7.98. The van der Waals surface area contributed by atoms with Gasteiger partial charge in [0.25, 0.3) is 5.56 Å². The summed E-state index contributed by atoms with van der Waals surface area (Å²) in [5, 5.41) is 15.9. The first-order chi connectivity index (χ1) is 14.8. The van der Waals surface area contributed by atoms with Crippen LogP contribution in [0.15, 0.2) is 23.0 Å². The molecule has 0 atom stereocenters. The number of nitrogens with one attached hydrogen (secondary N) is 1. The number of benzene rings is 1. The molecular weight excluding hydrogens is 406 g/mol. The third kappa shape index (κ3) is 2.99. The molecule has 0 unspecified atom stereocenters. The molecule has 5 rings (SSSR count). The van der Waals surface area contributed by atoms with Crippen molar-refractivity contribution < 1.29 is 18.7 Å². The van der Waals surface area contributed by atoms with Gasteiger partial charge in [-0.15, -0.1) is 0 Å². The van der Waals surface area contributed by atoms with Crippen molar-refractivity contribution in [2.24, 2.45) is 0 Å². The molecule has 7 nitrogen and oxygen atoms in total. The van der Waals surface area contributed by atoms with Gasteiger partial charge in [0.1, 0.15) is 11.5 Å². The maximum atomic E-state index is 16.0. The zero-order chi connectivity index (χ0) is 22.0. The van der Waals surface area contributed by atoms with Gasteiger partial charge in [-0.3, -0.25) is 14.6 Å². The Hall–Kier alpha value is -3.62. The van der Waals surface area contributed by atoms with Crippen LogP contribution in [0, 0.1) is 25.5 Å². The van der Waals surface area contributed by atoms with Crippen molar-refractivity contribution in [1.82, 2.24) is 19.7 Å². The lowest BCUT2D eigenvalue weighted by molar-refractivity contribution is -0.136. The van der Waals surface area contributed by atoms with Crippen LogP contribution < -0.4 is 5.56 Å². The molecule has 2 aromatic rings. The fourth-order valence-corrected chi connectivity index (χ4v) is 4.36. The van der Waals surface area contributed by atoms with Gasteiger partial charge in [-0.2, -0.15) is 5.10 Å². The van der Waals surface area contributed by atoms with Crippen molar-refractivity contribution in [2.75, 3.05) is 0 Å². The van der Waals surface area contributed by atoms with E-state index >= 15 is 8.78 Å². The van der Waals surface area contributed by atoms with E-state index in [1.165, 1.54) is 6.07 Å². The van der Waals surface area contributed by atoms with Crippen LogP contribution in [0.1, 0.15) is 36.0 Å². The van der Waals surface area contributed by atoms with E-state index in [4.69, 9.17) is 0 Å². The second-order valence-electron chi connectivity index (χ2n) is 7.98. The molecule has 1 aromatic heterocycles. The molecule has 158 valence electrons. The number of carboxylic acid groups (broad SMARTS) is 1. The molecule has 0 radical (unpaired) electrons. The number of hydrogen-bond donors (Lipinski definition) is 2. The number of nitrogens with zero attached hydrogens (tertiary/aromatic N) is 3. The zero-order valence-electron chi connectivity index (χ0n) is 16.8. The second kappa shape index (κ2) is 6.69. The van der Waals surface area contributed by atoms with Gasteiger partial charge in [0.2, 0.25) is 0 Å². The zero-order valence-corrected chi connectivity index (χ0v) is 16.8. The highest BCUT2D eigenvalue weighted by Crippen LogP contribution is 2.45. The number of aryl methyl sites for hydroxylation is 2. The minimum Gasteiger partial charge on any atom is -0.481 e. The topological polar surface area (TPSA) is 101 Å². The Morgan fingerprint density at radius 2 is 1.87 bits per heavy atom. The van der Waals surface area contributed by atoms with Crippen molar-refractivity contribution in [3.8, 4) is 22.4 Å². The molecule has 2 N–H and O–H groups in total. The summed E-state index contributed by atoms with van der Waals surface area (Å²) in [6, 6.07) is 4.21. The fourth-order valence-electron chi connectivity index (χ4n) is 4.36. The van der Waals surface area contributed by atoms with Gasteiger partial charge in [-0.25, -0.2) is 13.9 Å². The van der Waals surface area contributed by atoms with Crippen LogP contribution in [-0.2, 0) is 11.2 Å². The molecule has 9 heteroatoms. The van der Waals surface area contributed by atoms with Crippen LogP contribution in [0.25, 0.3) is 33.3 Å². The minimum atomic E-state index is -1.15. The van der Waals surface area contributed by atoms with Crippen molar-refractivity contribution in [2.45, 2.75) is 39.2 Å². The summed E-state index contributed by atoms with van der Waals surface area (Å²) < 4.78 is 32.8. The van der Waals surface area contributed by atoms with E-state index in [9.17, 15) is 14.7 Å². The van der Waals surface area contributed by atoms with Crippen LogP contribution in [0.2, 0.25) is 0 Å². The van der Waals surface area contributed by atoms with Crippen LogP contribution in [-0.4, -0.2) is 30.8 Å². The number of fused-ring (bicyclic) bond motifs is 3. The molecule has 0 bridgehead atoms. The highest BCUT2D eigenvalue weighted by Gasteiger charge is 2.35. The molecule has 1 aliphatic carbocycles. The largest absolute Gasteiger partial charge is 0.481 e. The summed E-state index contributed by atoms with van der Waals surface area (Å²) in [6.07, 6.45) is 0.949. The van der Waals surface area contributed by atoms with Gasteiger partial charge in [0, 0.05) is 28.5 Å². The third-order valence-electron chi connectivity index (χ3n) is 5.60. The summed E-state index contributed by atoms with van der Waals surface area (Å²) in [5.74, 6) is -2.75. The smallest absolute Gasteiger partial charge is 0.309 e. The van der Waals surface area contributed by atoms with Gasteiger partial charge in [0.15, 0.2) is 5.82 Å². The van der Waals surface area contributed by atoms with Gasteiger partial charge >= 0.3 is 5.97 Å². The lowest BCUT2D eigenvalue weighted by Gasteiger charge is -2.21. The maximum absolute atomic E-state index is 16.0. The van der Waals surface area contributed by atoms with Crippen molar-refractivity contribution in [3.63, 3.8) is 0 Å². The van der Waals surface area contributed by atoms with Gasteiger partial charge in [-0.1, -0.05) is 0 Å². The molecule has 0 spiro atoms. The van der Waals surface area contributed by atoms with Crippen LogP contribution in [0.5, 0.6) is 0 Å². The van der Waals surface area contributed by atoms with Crippen LogP contribution in [0.4, 0.5) is 8.78 Å². The van der Waals surface area contributed by atoms with E-state index in [2.05, 4.69) is 15.2 Å². The lowest BCUT2D eigenvalue weighted by Crippen LogP contribution is -2.18. The van der Waals surface area contributed by atoms with Gasteiger partial charge in [0.05, 0.1) is 23.1 Å². The number of aromatic amines is 1. The molecule has 1 fully saturated rings. The Balaban J connectivity index is 1.96. The molecule has 31 heavy (non-hydrogen) atoms. The van der Waals surface area contributed by atoms with Crippen molar-refractivity contribution in [3.05, 3.63) is 57.3 Å². The first kappa shape index (κ1) is 19.3. The molecule has 1 saturated carbocycles. The van der Waals surface area contributed by atoms with Gasteiger partial charge < -0.3 is 9.67 Å². The van der Waals surface area contributed by atoms with E-state index in [0.717, 1.165) is 0 Å². The summed E-state index contributed by atoms with van der Waals surface area (Å²) in [6.45, 7) is 3.48. The number of carboxylic acids is 1. The monoisotopic (exact) mass is 424 g/mol. The summed E-state index contributed by atoms with van der Waals surface area (Å²) in [4.78, 5) is 28.3. The summed E-state index contributed by atoms with van der Waals surface area (Å²) >= 11 is 0. The predicted octanol–water partition coefficient (Wildman–Crippen LogP) is 3.75. The first-order valence-corrected chi connectivity index (χ1v) is 9.87. The Bertz CT molecular complexity index is 1400. The lowest BCUT2D eigenvalue weighted by atomic mass is 9.96. The van der Waals surface area contributed by atoms with Crippen molar-refractivity contribution in [1.29, 1.82) is 0 Å². The van der Waals surface area contributed by atoms with E-state index in [0.29, 0.717) is 29.8 Å². The van der Waals surface area contributed by atoms with Crippen LogP contribution >= 0.6 is 0 Å². The fraction of sp³-hybridized carbons (Fsp3) is 0.273.